The zero-order chi connectivity index (χ0) is 15.3. The number of thioether (sulfide) groups is 1. The molecule has 1 N–H and O–H groups in total. The van der Waals surface area contributed by atoms with Gasteiger partial charge in [0.25, 0.3) is 0 Å². The summed E-state index contributed by atoms with van der Waals surface area (Å²) in [5, 5.41) is 3.78. The zero-order valence-electron chi connectivity index (χ0n) is 14.1. The Labute approximate surface area is 135 Å². The molecule has 2 rings (SSSR count). The lowest BCUT2D eigenvalue weighted by atomic mass is 9.77. The van der Waals surface area contributed by atoms with Crippen LogP contribution in [0.25, 0.3) is 0 Å². The number of rotatable bonds is 7. The van der Waals surface area contributed by atoms with E-state index < -0.39 is 0 Å². The van der Waals surface area contributed by atoms with E-state index in [4.69, 9.17) is 0 Å². The summed E-state index contributed by atoms with van der Waals surface area (Å²) in [4.78, 5) is 0. The second-order valence-corrected chi connectivity index (χ2v) is 9.03. The molecule has 1 aromatic rings. The van der Waals surface area contributed by atoms with Crippen LogP contribution in [0.1, 0.15) is 76.5 Å². The highest BCUT2D eigenvalue weighted by Gasteiger charge is 2.25. The normalized spacial score (nSPS) is 17.5. The van der Waals surface area contributed by atoms with Gasteiger partial charge in [-0.2, -0.15) is 11.8 Å². The third-order valence-corrected chi connectivity index (χ3v) is 5.61. The second-order valence-electron chi connectivity index (χ2n) is 7.19. The third-order valence-electron chi connectivity index (χ3n) is 4.24. The van der Waals surface area contributed by atoms with Crippen molar-refractivity contribution in [2.75, 3.05) is 12.3 Å². The highest BCUT2D eigenvalue weighted by Crippen LogP contribution is 2.40. The van der Waals surface area contributed by atoms with Gasteiger partial charge in [0.2, 0.25) is 0 Å². The van der Waals surface area contributed by atoms with E-state index in [0.29, 0.717) is 10.8 Å². The SMILES string of the molecule is CCCNC(CSC(C)(C)C)c1ccccc1C1CCC1. The molecule has 1 saturated carbocycles. The summed E-state index contributed by atoms with van der Waals surface area (Å²) in [5.74, 6) is 1.97. The molecule has 21 heavy (non-hydrogen) atoms. The van der Waals surface area contributed by atoms with Crippen molar-refractivity contribution in [1.29, 1.82) is 0 Å². The van der Waals surface area contributed by atoms with Gasteiger partial charge in [-0.1, -0.05) is 58.4 Å². The van der Waals surface area contributed by atoms with Crippen molar-refractivity contribution in [2.45, 2.75) is 70.1 Å². The molecule has 0 amide bonds. The van der Waals surface area contributed by atoms with Crippen molar-refractivity contribution in [3.05, 3.63) is 35.4 Å². The fourth-order valence-corrected chi connectivity index (χ4v) is 3.79. The Morgan fingerprint density at radius 3 is 2.52 bits per heavy atom. The van der Waals surface area contributed by atoms with Gasteiger partial charge in [-0.05, 0) is 42.9 Å². The summed E-state index contributed by atoms with van der Waals surface area (Å²) < 4.78 is 0.331. The van der Waals surface area contributed by atoms with Gasteiger partial charge in [0.1, 0.15) is 0 Å². The van der Waals surface area contributed by atoms with E-state index in [1.165, 1.54) is 25.7 Å². The maximum Gasteiger partial charge on any atom is 0.0414 e. The summed E-state index contributed by atoms with van der Waals surface area (Å²) in [6.07, 6.45) is 5.36. The van der Waals surface area contributed by atoms with Crippen LogP contribution in [0.2, 0.25) is 0 Å². The van der Waals surface area contributed by atoms with Gasteiger partial charge in [-0.3, -0.25) is 0 Å². The van der Waals surface area contributed by atoms with Crippen molar-refractivity contribution >= 4 is 11.8 Å². The number of hydrogen-bond acceptors (Lipinski definition) is 2. The molecule has 1 aliphatic rings. The molecule has 0 saturated heterocycles. The highest BCUT2D eigenvalue weighted by atomic mass is 32.2. The van der Waals surface area contributed by atoms with Gasteiger partial charge in [0.15, 0.2) is 0 Å². The van der Waals surface area contributed by atoms with E-state index in [9.17, 15) is 0 Å². The number of nitrogens with one attached hydrogen (secondary N) is 1. The van der Waals surface area contributed by atoms with Crippen LogP contribution in [0.3, 0.4) is 0 Å². The van der Waals surface area contributed by atoms with Crippen molar-refractivity contribution in [3.63, 3.8) is 0 Å². The van der Waals surface area contributed by atoms with E-state index in [0.717, 1.165) is 18.2 Å². The van der Waals surface area contributed by atoms with Crippen LogP contribution in [0.4, 0.5) is 0 Å². The summed E-state index contributed by atoms with van der Waals surface area (Å²) in [6, 6.07) is 9.63. The average molecular weight is 306 g/mol. The van der Waals surface area contributed by atoms with Gasteiger partial charge < -0.3 is 5.32 Å². The molecule has 1 aromatic carbocycles. The Kier molecular flexibility index (Phi) is 6.19. The fourth-order valence-electron chi connectivity index (χ4n) is 2.83. The summed E-state index contributed by atoms with van der Waals surface area (Å²) in [7, 11) is 0. The van der Waals surface area contributed by atoms with Crippen molar-refractivity contribution in [2.24, 2.45) is 0 Å². The van der Waals surface area contributed by atoms with E-state index in [2.05, 4.69) is 69.0 Å². The molecule has 2 heteroatoms. The van der Waals surface area contributed by atoms with Crippen molar-refractivity contribution in [1.82, 2.24) is 5.32 Å². The van der Waals surface area contributed by atoms with E-state index in [1.54, 1.807) is 11.1 Å². The summed E-state index contributed by atoms with van der Waals surface area (Å²) in [6.45, 7) is 10.3. The molecule has 0 radical (unpaired) electrons. The third kappa shape index (κ3) is 5.03. The lowest BCUT2D eigenvalue weighted by Crippen LogP contribution is -2.28. The molecule has 0 aliphatic heterocycles. The van der Waals surface area contributed by atoms with Gasteiger partial charge in [0.05, 0.1) is 0 Å². The first-order valence-corrected chi connectivity index (χ1v) is 9.46. The molecule has 1 nitrogen and oxygen atoms in total. The smallest absolute Gasteiger partial charge is 0.0414 e. The molecule has 1 aliphatic carbocycles. The van der Waals surface area contributed by atoms with Crippen LogP contribution in [-0.2, 0) is 0 Å². The first kappa shape index (κ1) is 16.9. The predicted octanol–water partition coefficient (Wildman–Crippen LogP) is 5.53. The topological polar surface area (TPSA) is 12.0 Å². The maximum atomic E-state index is 3.78. The van der Waals surface area contributed by atoms with Gasteiger partial charge in [-0.15, -0.1) is 0 Å². The Balaban J connectivity index is 2.14. The van der Waals surface area contributed by atoms with E-state index >= 15 is 0 Å². The molecule has 1 unspecified atom stereocenters. The fraction of sp³-hybridized carbons (Fsp3) is 0.684. The summed E-state index contributed by atoms with van der Waals surface area (Å²) in [5.41, 5.74) is 3.15. The monoisotopic (exact) mass is 305 g/mol. The first-order valence-electron chi connectivity index (χ1n) is 8.47. The molecule has 0 spiro atoms. The van der Waals surface area contributed by atoms with Crippen LogP contribution < -0.4 is 5.32 Å². The van der Waals surface area contributed by atoms with Gasteiger partial charge >= 0.3 is 0 Å². The lowest BCUT2D eigenvalue weighted by Gasteiger charge is -2.31. The molecule has 0 heterocycles. The van der Waals surface area contributed by atoms with E-state index in [-0.39, 0.29) is 0 Å². The molecular formula is C19H31NS. The molecule has 0 bridgehead atoms. The molecule has 1 fully saturated rings. The molecule has 0 aromatic heterocycles. The minimum atomic E-state index is 0.331. The molecule has 118 valence electrons. The largest absolute Gasteiger partial charge is 0.309 e. The summed E-state index contributed by atoms with van der Waals surface area (Å²) >= 11 is 2.07. The molecule has 1 atom stereocenters. The van der Waals surface area contributed by atoms with Crippen LogP contribution >= 0.6 is 11.8 Å². The van der Waals surface area contributed by atoms with Gasteiger partial charge in [0, 0.05) is 16.5 Å². The molecular weight excluding hydrogens is 274 g/mol. The number of benzene rings is 1. The maximum absolute atomic E-state index is 3.78. The van der Waals surface area contributed by atoms with Crippen molar-refractivity contribution < 1.29 is 0 Å². The van der Waals surface area contributed by atoms with Crippen LogP contribution in [0.5, 0.6) is 0 Å². The minimum Gasteiger partial charge on any atom is -0.309 e. The van der Waals surface area contributed by atoms with Crippen molar-refractivity contribution in [3.8, 4) is 0 Å². The van der Waals surface area contributed by atoms with Crippen LogP contribution in [0.15, 0.2) is 24.3 Å². The number of hydrogen-bond donors (Lipinski definition) is 1. The highest BCUT2D eigenvalue weighted by molar-refractivity contribution is 8.00. The Morgan fingerprint density at radius 2 is 1.95 bits per heavy atom. The van der Waals surface area contributed by atoms with Crippen LogP contribution in [-0.4, -0.2) is 17.0 Å². The van der Waals surface area contributed by atoms with Gasteiger partial charge in [-0.25, -0.2) is 0 Å². The Morgan fingerprint density at radius 1 is 1.24 bits per heavy atom. The zero-order valence-corrected chi connectivity index (χ0v) is 14.9. The minimum absolute atomic E-state index is 0.331. The first-order chi connectivity index (χ1) is 10.0. The quantitative estimate of drug-likeness (QED) is 0.711. The predicted molar refractivity (Wildman–Crippen MR) is 96.3 cm³/mol. The second kappa shape index (κ2) is 7.69. The standard InChI is InChI=1S/C19H31NS/c1-5-13-20-18(14-21-19(2,3)4)17-12-7-6-11-16(17)15-9-8-10-15/h6-7,11-12,15,18,20H,5,8-10,13-14H2,1-4H3. The van der Waals surface area contributed by atoms with Crippen LogP contribution in [0, 0.1) is 0 Å². The average Bonchev–Trinajstić information content (AvgIpc) is 2.37. The Hall–Kier alpha value is -0.470. The van der Waals surface area contributed by atoms with E-state index in [1.807, 2.05) is 0 Å². The lowest BCUT2D eigenvalue weighted by molar-refractivity contribution is 0.413. The Bertz CT molecular complexity index is 431.